The number of hydrogen-bond acceptors (Lipinski definition) is 2. The van der Waals surface area contributed by atoms with Gasteiger partial charge >= 0.3 is 0 Å². The Kier molecular flexibility index (Phi) is 3.31. The van der Waals surface area contributed by atoms with E-state index in [0.29, 0.717) is 12.5 Å². The molecule has 2 unspecified atom stereocenters. The van der Waals surface area contributed by atoms with Crippen molar-refractivity contribution < 1.29 is 9.90 Å². The molecule has 2 atom stereocenters. The molecule has 3 heteroatoms. The zero-order valence-electron chi connectivity index (χ0n) is 11.1. The second-order valence-electron chi connectivity index (χ2n) is 6.01. The van der Waals surface area contributed by atoms with E-state index in [0.717, 1.165) is 32.1 Å². The summed E-state index contributed by atoms with van der Waals surface area (Å²) in [6.45, 7) is 0.420. The van der Waals surface area contributed by atoms with Crippen molar-refractivity contribution in [2.45, 2.75) is 43.6 Å². The third-order valence-corrected chi connectivity index (χ3v) is 4.48. The Morgan fingerprint density at radius 3 is 2.63 bits per heavy atom. The predicted molar refractivity (Wildman–Crippen MR) is 73.7 cm³/mol. The van der Waals surface area contributed by atoms with E-state index in [1.54, 1.807) is 0 Å². The summed E-state index contributed by atoms with van der Waals surface area (Å²) in [5.74, 6) is 0.584. The summed E-state index contributed by atoms with van der Waals surface area (Å²) in [7, 11) is 0. The van der Waals surface area contributed by atoms with E-state index in [4.69, 9.17) is 0 Å². The molecule has 1 amide bonds. The summed E-state index contributed by atoms with van der Waals surface area (Å²) in [5, 5.41) is 13.1. The van der Waals surface area contributed by atoms with Gasteiger partial charge in [0.25, 0.3) is 0 Å². The minimum atomic E-state index is -0.646. The van der Waals surface area contributed by atoms with Gasteiger partial charge < -0.3 is 10.4 Å². The van der Waals surface area contributed by atoms with Gasteiger partial charge in [0, 0.05) is 12.5 Å². The Labute approximate surface area is 114 Å². The van der Waals surface area contributed by atoms with Crippen LogP contribution in [0.4, 0.5) is 0 Å². The molecule has 19 heavy (non-hydrogen) atoms. The smallest absolute Gasteiger partial charge is 0.223 e. The molecular weight excluding hydrogens is 238 g/mol. The van der Waals surface area contributed by atoms with Crippen LogP contribution < -0.4 is 5.32 Å². The Morgan fingerprint density at radius 1 is 1.26 bits per heavy atom. The quantitative estimate of drug-likeness (QED) is 0.871. The molecule has 0 radical (unpaired) electrons. The Balaban J connectivity index is 1.50. The molecule has 2 saturated carbocycles. The zero-order valence-corrected chi connectivity index (χ0v) is 11.1. The van der Waals surface area contributed by atoms with Crippen LogP contribution in [0.2, 0.25) is 0 Å². The van der Waals surface area contributed by atoms with Crippen LogP contribution in [0.15, 0.2) is 30.3 Å². The van der Waals surface area contributed by atoms with Crippen LogP contribution in [0.25, 0.3) is 0 Å². The molecule has 1 aromatic rings. The molecule has 0 aliphatic heterocycles. The summed E-state index contributed by atoms with van der Waals surface area (Å²) < 4.78 is 0. The highest BCUT2D eigenvalue weighted by Crippen LogP contribution is 2.47. The fourth-order valence-corrected chi connectivity index (χ4v) is 3.15. The van der Waals surface area contributed by atoms with Gasteiger partial charge in [0.2, 0.25) is 5.91 Å². The molecule has 2 aliphatic carbocycles. The van der Waals surface area contributed by atoms with Crippen molar-refractivity contribution in [3.05, 3.63) is 35.9 Å². The van der Waals surface area contributed by atoms with E-state index in [2.05, 4.69) is 17.4 Å². The molecule has 0 bridgehead atoms. The topological polar surface area (TPSA) is 49.3 Å². The van der Waals surface area contributed by atoms with Gasteiger partial charge in [0.15, 0.2) is 0 Å². The number of rotatable bonds is 4. The predicted octanol–water partition coefficient (Wildman–Crippen LogP) is 2.21. The summed E-state index contributed by atoms with van der Waals surface area (Å²) in [4.78, 5) is 12.1. The molecule has 0 aromatic heterocycles. The molecule has 1 aromatic carbocycles. The van der Waals surface area contributed by atoms with Crippen molar-refractivity contribution >= 4 is 5.91 Å². The van der Waals surface area contributed by atoms with Gasteiger partial charge in [-0.25, -0.2) is 0 Å². The maximum Gasteiger partial charge on any atom is 0.223 e. The highest BCUT2D eigenvalue weighted by Gasteiger charge is 2.44. The average Bonchev–Trinajstić information content (AvgIpc) is 3.13. The molecule has 2 fully saturated rings. The van der Waals surface area contributed by atoms with Gasteiger partial charge in [-0.1, -0.05) is 43.2 Å². The van der Waals surface area contributed by atoms with E-state index in [1.165, 1.54) is 5.56 Å². The van der Waals surface area contributed by atoms with Gasteiger partial charge in [-0.3, -0.25) is 4.79 Å². The number of carbonyl (C=O) groups excluding carboxylic acids is 1. The molecule has 2 N–H and O–H groups in total. The SMILES string of the molecule is O=C(NCC1(O)CCCC1)C1CC1c1ccccc1. The fraction of sp³-hybridized carbons (Fsp3) is 0.562. The molecule has 0 saturated heterocycles. The van der Waals surface area contributed by atoms with Crippen LogP contribution in [0.1, 0.15) is 43.6 Å². The number of benzene rings is 1. The third kappa shape index (κ3) is 2.81. The molecule has 0 heterocycles. The van der Waals surface area contributed by atoms with E-state index in [-0.39, 0.29) is 11.8 Å². The largest absolute Gasteiger partial charge is 0.388 e. The van der Waals surface area contributed by atoms with Crippen LogP contribution in [-0.2, 0) is 4.79 Å². The normalized spacial score (nSPS) is 28.1. The van der Waals surface area contributed by atoms with E-state index in [9.17, 15) is 9.90 Å². The van der Waals surface area contributed by atoms with Crippen LogP contribution in [0, 0.1) is 5.92 Å². The van der Waals surface area contributed by atoms with E-state index in [1.807, 2.05) is 18.2 Å². The first-order valence-electron chi connectivity index (χ1n) is 7.23. The van der Waals surface area contributed by atoms with Crippen LogP contribution >= 0.6 is 0 Å². The maximum absolute atomic E-state index is 12.1. The number of carbonyl (C=O) groups is 1. The number of amides is 1. The summed E-state index contributed by atoms with van der Waals surface area (Å²) in [5.41, 5.74) is 0.606. The van der Waals surface area contributed by atoms with Crippen molar-refractivity contribution in [2.24, 2.45) is 5.92 Å². The number of aliphatic hydroxyl groups is 1. The van der Waals surface area contributed by atoms with Crippen molar-refractivity contribution in [3.63, 3.8) is 0 Å². The lowest BCUT2D eigenvalue weighted by atomic mass is 10.0. The summed E-state index contributed by atoms with van der Waals surface area (Å²) >= 11 is 0. The second-order valence-corrected chi connectivity index (χ2v) is 6.01. The van der Waals surface area contributed by atoms with Gasteiger partial charge in [-0.2, -0.15) is 0 Å². The summed E-state index contributed by atoms with van der Waals surface area (Å²) in [6.07, 6.45) is 4.72. The lowest BCUT2D eigenvalue weighted by Gasteiger charge is -2.22. The monoisotopic (exact) mass is 259 g/mol. The van der Waals surface area contributed by atoms with E-state index >= 15 is 0 Å². The van der Waals surface area contributed by atoms with Crippen molar-refractivity contribution in [3.8, 4) is 0 Å². The van der Waals surface area contributed by atoms with Gasteiger partial charge in [0.1, 0.15) is 0 Å². The third-order valence-electron chi connectivity index (χ3n) is 4.48. The first kappa shape index (κ1) is 12.7. The Morgan fingerprint density at radius 2 is 1.95 bits per heavy atom. The van der Waals surface area contributed by atoms with Gasteiger partial charge in [-0.05, 0) is 30.7 Å². The maximum atomic E-state index is 12.1. The first-order valence-corrected chi connectivity index (χ1v) is 7.23. The van der Waals surface area contributed by atoms with Crippen molar-refractivity contribution in [2.75, 3.05) is 6.54 Å². The van der Waals surface area contributed by atoms with Crippen molar-refractivity contribution in [1.82, 2.24) is 5.32 Å². The molecule has 102 valence electrons. The minimum Gasteiger partial charge on any atom is -0.388 e. The molecular formula is C16H21NO2. The summed E-state index contributed by atoms with van der Waals surface area (Å²) in [6, 6.07) is 10.2. The lowest BCUT2D eigenvalue weighted by molar-refractivity contribution is -0.123. The molecule has 3 nitrogen and oxygen atoms in total. The minimum absolute atomic E-state index is 0.104. The highest BCUT2D eigenvalue weighted by atomic mass is 16.3. The fourth-order valence-electron chi connectivity index (χ4n) is 3.15. The zero-order chi connectivity index (χ0) is 13.3. The van der Waals surface area contributed by atoms with Crippen LogP contribution in [0.5, 0.6) is 0 Å². The lowest BCUT2D eigenvalue weighted by Crippen LogP contribution is -2.41. The van der Waals surface area contributed by atoms with Crippen molar-refractivity contribution in [1.29, 1.82) is 0 Å². The Bertz CT molecular complexity index is 451. The molecule has 3 rings (SSSR count). The Hall–Kier alpha value is -1.35. The van der Waals surface area contributed by atoms with Crippen LogP contribution in [0.3, 0.4) is 0 Å². The second kappa shape index (κ2) is 4.97. The first-order chi connectivity index (χ1) is 9.18. The number of nitrogens with one attached hydrogen (secondary N) is 1. The molecule has 2 aliphatic rings. The average molecular weight is 259 g/mol. The van der Waals surface area contributed by atoms with Gasteiger partial charge in [0.05, 0.1) is 5.60 Å². The molecule has 0 spiro atoms. The highest BCUT2D eigenvalue weighted by molar-refractivity contribution is 5.82. The van der Waals surface area contributed by atoms with Crippen LogP contribution in [-0.4, -0.2) is 23.2 Å². The van der Waals surface area contributed by atoms with Gasteiger partial charge in [-0.15, -0.1) is 0 Å². The van der Waals surface area contributed by atoms with E-state index < -0.39 is 5.60 Å². The number of hydrogen-bond donors (Lipinski definition) is 2. The standard InChI is InChI=1S/C16H21NO2/c18-15(17-11-16(19)8-4-5-9-16)14-10-13(14)12-6-2-1-3-7-12/h1-3,6-7,13-14,19H,4-5,8-11H2,(H,17,18).